The van der Waals surface area contributed by atoms with Crippen molar-refractivity contribution in [3.8, 4) is 0 Å². The van der Waals surface area contributed by atoms with Gasteiger partial charge in [0, 0.05) is 17.3 Å². The van der Waals surface area contributed by atoms with Gasteiger partial charge in [0.1, 0.15) is 5.54 Å². The highest BCUT2D eigenvalue weighted by Gasteiger charge is 2.33. The van der Waals surface area contributed by atoms with Gasteiger partial charge >= 0.3 is 5.97 Å². The molecular weight excluding hydrogens is 312 g/mol. The summed E-state index contributed by atoms with van der Waals surface area (Å²) in [5.74, 6) is -0.360. The predicted octanol–water partition coefficient (Wildman–Crippen LogP) is 1.77. The fourth-order valence-electron chi connectivity index (χ4n) is 1.25. The molecule has 21 heavy (non-hydrogen) atoms. The number of hydrogen-bond acceptors (Lipinski definition) is 7. The van der Waals surface area contributed by atoms with Gasteiger partial charge in [-0.2, -0.15) is 9.36 Å². The van der Waals surface area contributed by atoms with Crippen LogP contribution in [0.3, 0.4) is 0 Å². The molecule has 9 heteroatoms. The third-order valence-electron chi connectivity index (χ3n) is 2.95. The number of hydrogen-bond donors (Lipinski definition) is 2. The summed E-state index contributed by atoms with van der Waals surface area (Å²) >= 11 is 2.66. The maximum absolute atomic E-state index is 11.9. The lowest BCUT2D eigenvalue weighted by Crippen LogP contribution is -2.50. The topological polar surface area (TPSA) is 95.4 Å². The molecule has 1 aromatic rings. The first-order valence-corrected chi connectivity index (χ1v) is 8.24. The van der Waals surface area contributed by atoms with Crippen molar-refractivity contribution in [2.45, 2.75) is 37.9 Å². The van der Waals surface area contributed by atoms with Crippen LogP contribution in [-0.4, -0.2) is 56.1 Å². The van der Waals surface area contributed by atoms with Gasteiger partial charge in [-0.15, -0.1) is 0 Å². The number of carboxylic acid groups (broad SMARTS) is 1. The number of nitrogens with one attached hydrogen (secondary N) is 1. The smallest absolute Gasteiger partial charge is 0.323 e. The van der Waals surface area contributed by atoms with Gasteiger partial charge in [-0.25, -0.2) is 0 Å². The minimum atomic E-state index is -1.11. The van der Waals surface area contributed by atoms with Crippen LogP contribution in [0.4, 0.5) is 5.13 Å². The van der Waals surface area contributed by atoms with E-state index in [1.54, 1.807) is 20.9 Å². The minimum absolute atomic E-state index is 0.0314. The Morgan fingerprint density at radius 1 is 1.48 bits per heavy atom. The van der Waals surface area contributed by atoms with Crippen LogP contribution in [0.5, 0.6) is 0 Å². The second-order valence-electron chi connectivity index (χ2n) is 5.00. The van der Waals surface area contributed by atoms with Crippen LogP contribution in [0.1, 0.15) is 27.2 Å². The second kappa shape index (κ2) is 7.71. The van der Waals surface area contributed by atoms with Crippen LogP contribution in [0.2, 0.25) is 0 Å². The Bertz CT molecular complexity index is 504. The number of aliphatic carboxylic acids is 1. The van der Waals surface area contributed by atoms with Crippen LogP contribution in [0, 0.1) is 0 Å². The predicted molar refractivity (Wildman–Crippen MR) is 83.9 cm³/mol. The summed E-state index contributed by atoms with van der Waals surface area (Å²) in [6.45, 7) is 5.14. The van der Waals surface area contributed by atoms with Crippen molar-refractivity contribution >= 4 is 40.3 Å². The van der Waals surface area contributed by atoms with Crippen LogP contribution >= 0.6 is 23.3 Å². The number of thioether (sulfide) groups is 1. The van der Waals surface area contributed by atoms with Gasteiger partial charge in [-0.1, -0.05) is 18.7 Å². The number of nitrogens with zero attached hydrogens (tertiary/aromatic N) is 3. The van der Waals surface area contributed by atoms with E-state index in [1.807, 2.05) is 0 Å². The summed E-state index contributed by atoms with van der Waals surface area (Å²) in [5.41, 5.74) is -1.11. The van der Waals surface area contributed by atoms with E-state index < -0.39 is 11.5 Å². The summed E-state index contributed by atoms with van der Waals surface area (Å²) in [4.78, 5) is 28.7. The van der Waals surface area contributed by atoms with Crippen molar-refractivity contribution in [3.63, 3.8) is 0 Å². The van der Waals surface area contributed by atoms with Crippen LogP contribution < -0.4 is 5.32 Å². The molecule has 0 radical (unpaired) electrons. The number of amides is 1. The van der Waals surface area contributed by atoms with Crippen molar-refractivity contribution in [2.75, 3.05) is 24.7 Å². The number of rotatable bonds is 8. The highest BCUT2D eigenvalue weighted by molar-refractivity contribution is 7.99. The molecule has 0 aromatic carbocycles. The average molecular weight is 332 g/mol. The second-order valence-corrected chi connectivity index (χ2v) is 6.81. The van der Waals surface area contributed by atoms with Crippen molar-refractivity contribution in [2.24, 2.45) is 0 Å². The first kappa shape index (κ1) is 17.9. The highest BCUT2D eigenvalue weighted by Crippen LogP contribution is 2.20. The van der Waals surface area contributed by atoms with Crippen molar-refractivity contribution < 1.29 is 14.7 Å². The molecule has 0 spiro atoms. The zero-order chi connectivity index (χ0) is 16.0. The molecule has 1 aromatic heterocycles. The van der Waals surface area contributed by atoms with Crippen molar-refractivity contribution in [1.29, 1.82) is 0 Å². The molecule has 2 N–H and O–H groups in total. The molecule has 1 rings (SSSR count). The SMILES string of the molecule is CCCSc1nsc(NC(=O)CN(C)C(C)(C)C(=O)O)n1. The van der Waals surface area contributed by atoms with Crippen LogP contribution in [0.15, 0.2) is 5.16 Å². The van der Waals surface area contributed by atoms with Crippen molar-refractivity contribution in [1.82, 2.24) is 14.3 Å². The molecule has 0 fully saturated rings. The summed E-state index contributed by atoms with van der Waals surface area (Å²) in [6, 6.07) is 0. The highest BCUT2D eigenvalue weighted by atomic mass is 32.2. The maximum atomic E-state index is 11.9. The van der Waals surface area contributed by atoms with Gasteiger partial charge in [-0.05, 0) is 27.3 Å². The first-order valence-electron chi connectivity index (χ1n) is 6.48. The molecule has 0 saturated heterocycles. The van der Waals surface area contributed by atoms with Gasteiger partial charge in [0.15, 0.2) is 0 Å². The summed E-state index contributed by atoms with van der Waals surface area (Å²) in [7, 11) is 1.59. The van der Waals surface area contributed by atoms with Gasteiger partial charge in [0.2, 0.25) is 16.2 Å². The average Bonchev–Trinajstić information content (AvgIpc) is 2.83. The molecule has 0 aliphatic rings. The summed E-state index contributed by atoms with van der Waals surface area (Å²) < 4.78 is 4.13. The monoisotopic (exact) mass is 332 g/mol. The Labute approximate surface area is 132 Å². The molecule has 7 nitrogen and oxygen atoms in total. The zero-order valence-electron chi connectivity index (χ0n) is 12.5. The van der Waals surface area contributed by atoms with Gasteiger partial charge in [0.05, 0.1) is 6.54 Å². The third-order valence-corrected chi connectivity index (χ3v) is 4.75. The fourth-order valence-corrected chi connectivity index (χ4v) is 2.66. The van der Waals surface area contributed by atoms with Gasteiger partial charge in [0.25, 0.3) is 0 Å². The Kier molecular flexibility index (Phi) is 6.56. The van der Waals surface area contributed by atoms with E-state index in [9.17, 15) is 9.59 Å². The lowest BCUT2D eigenvalue weighted by molar-refractivity contribution is -0.148. The quantitative estimate of drug-likeness (QED) is 0.700. The molecule has 0 atom stereocenters. The van der Waals surface area contributed by atoms with E-state index in [0.29, 0.717) is 10.3 Å². The number of aromatic nitrogens is 2. The van der Waals surface area contributed by atoms with Crippen molar-refractivity contribution in [3.05, 3.63) is 0 Å². The lowest BCUT2D eigenvalue weighted by atomic mass is 10.0. The van der Waals surface area contributed by atoms with Crippen LogP contribution in [-0.2, 0) is 9.59 Å². The molecule has 0 unspecified atom stereocenters. The van der Waals surface area contributed by atoms with Gasteiger partial charge < -0.3 is 5.11 Å². The van der Waals surface area contributed by atoms with E-state index in [0.717, 1.165) is 23.7 Å². The number of carbonyl (C=O) groups is 2. The Hall–Kier alpha value is -1.19. The summed E-state index contributed by atoms with van der Waals surface area (Å²) in [5, 5.41) is 12.8. The molecule has 118 valence electrons. The number of likely N-dealkylation sites (N-methyl/N-ethyl adjacent to an activating group) is 1. The minimum Gasteiger partial charge on any atom is -0.480 e. The van der Waals surface area contributed by atoms with E-state index in [1.165, 1.54) is 16.7 Å². The van der Waals surface area contributed by atoms with E-state index in [4.69, 9.17) is 5.11 Å². The number of anilines is 1. The molecular formula is C12H20N4O3S2. The Balaban J connectivity index is 2.54. The molecule has 1 amide bonds. The molecule has 1 heterocycles. The molecule has 0 bridgehead atoms. The Morgan fingerprint density at radius 3 is 2.71 bits per heavy atom. The number of carboxylic acids is 1. The molecule has 0 aliphatic heterocycles. The normalized spacial score (nSPS) is 11.7. The first-order chi connectivity index (χ1) is 9.77. The largest absolute Gasteiger partial charge is 0.480 e. The lowest BCUT2D eigenvalue weighted by Gasteiger charge is -2.30. The zero-order valence-corrected chi connectivity index (χ0v) is 14.2. The van der Waals surface area contributed by atoms with E-state index >= 15 is 0 Å². The maximum Gasteiger partial charge on any atom is 0.323 e. The Morgan fingerprint density at radius 2 is 2.14 bits per heavy atom. The third kappa shape index (κ3) is 5.25. The molecule has 0 aliphatic carbocycles. The number of carbonyl (C=O) groups excluding carboxylic acids is 1. The standard InChI is InChI=1S/C12H20N4O3S2/c1-5-6-20-11-14-10(21-15-11)13-8(17)7-16(4)12(2,3)9(18)19/h5-7H2,1-4H3,(H,18,19)(H,13,14,15,17). The van der Waals surface area contributed by atoms with Gasteiger partial charge in [-0.3, -0.25) is 19.8 Å². The molecule has 0 saturated carbocycles. The fraction of sp³-hybridized carbons (Fsp3) is 0.667. The summed E-state index contributed by atoms with van der Waals surface area (Å²) in [6.07, 6.45) is 1.03. The van der Waals surface area contributed by atoms with E-state index in [2.05, 4.69) is 21.6 Å². The van der Waals surface area contributed by atoms with E-state index in [-0.39, 0.29) is 12.5 Å². The van der Waals surface area contributed by atoms with Crippen LogP contribution in [0.25, 0.3) is 0 Å².